The second kappa shape index (κ2) is 6.26. The number of nitrogens with one attached hydrogen (secondary N) is 1. The van der Waals surface area contributed by atoms with Gasteiger partial charge in [0.05, 0.1) is 11.0 Å². The monoisotopic (exact) mass is 317 g/mol. The quantitative estimate of drug-likeness (QED) is 0.543. The standard InChI is InChI=1S/C19H15N3S/c1-4-10-18(23-13-14-6-5-11-20-12-14)15(7-1)19-21-16-8-2-3-9-17(16)22-19/h1-12H,13H2,(H,21,22). The van der Waals surface area contributed by atoms with Crippen molar-refractivity contribution in [3.05, 3.63) is 78.6 Å². The molecule has 2 heterocycles. The molecule has 0 spiro atoms. The van der Waals surface area contributed by atoms with Crippen LogP contribution >= 0.6 is 11.8 Å². The van der Waals surface area contributed by atoms with E-state index < -0.39 is 0 Å². The number of H-pyrrole nitrogens is 1. The van der Waals surface area contributed by atoms with Gasteiger partial charge in [0.1, 0.15) is 5.82 Å². The average Bonchev–Trinajstić information content (AvgIpc) is 3.05. The van der Waals surface area contributed by atoms with E-state index in [1.54, 1.807) is 18.0 Å². The lowest BCUT2D eigenvalue weighted by atomic mass is 10.2. The summed E-state index contributed by atoms with van der Waals surface area (Å²) in [5.74, 6) is 1.81. The molecule has 0 aliphatic carbocycles. The molecule has 0 aliphatic heterocycles. The van der Waals surface area contributed by atoms with E-state index in [1.807, 2.05) is 30.5 Å². The molecule has 2 aromatic heterocycles. The third-order valence-corrected chi connectivity index (χ3v) is 4.79. The number of benzene rings is 2. The summed E-state index contributed by atoms with van der Waals surface area (Å²) in [6.45, 7) is 0. The lowest BCUT2D eigenvalue weighted by Crippen LogP contribution is -1.86. The Morgan fingerprint density at radius 3 is 2.65 bits per heavy atom. The molecular formula is C19H15N3S. The molecule has 0 radical (unpaired) electrons. The number of pyridine rings is 1. The van der Waals surface area contributed by atoms with Gasteiger partial charge in [0, 0.05) is 28.6 Å². The lowest BCUT2D eigenvalue weighted by molar-refractivity contribution is 1.24. The van der Waals surface area contributed by atoms with Gasteiger partial charge in [-0.05, 0) is 29.8 Å². The third-order valence-electron chi connectivity index (χ3n) is 3.65. The summed E-state index contributed by atoms with van der Waals surface area (Å²) in [6, 6.07) is 20.6. The zero-order chi connectivity index (χ0) is 15.5. The lowest BCUT2D eigenvalue weighted by Gasteiger charge is -2.07. The van der Waals surface area contributed by atoms with Crippen LogP contribution in [0.3, 0.4) is 0 Å². The Kier molecular flexibility index (Phi) is 3.82. The molecule has 0 saturated carbocycles. The molecule has 23 heavy (non-hydrogen) atoms. The normalized spacial score (nSPS) is 11.0. The number of hydrogen-bond acceptors (Lipinski definition) is 3. The maximum absolute atomic E-state index is 4.72. The fourth-order valence-corrected chi connectivity index (χ4v) is 3.50. The van der Waals surface area contributed by atoms with Crippen molar-refractivity contribution >= 4 is 22.8 Å². The Bertz CT molecular complexity index is 898. The highest BCUT2D eigenvalue weighted by Gasteiger charge is 2.10. The molecule has 2 aromatic carbocycles. The summed E-state index contributed by atoms with van der Waals surface area (Å²) in [7, 11) is 0. The van der Waals surface area contributed by atoms with Crippen molar-refractivity contribution in [2.24, 2.45) is 0 Å². The van der Waals surface area contributed by atoms with E-state index in [0.29, 0.717) is 0 Å². The van der Waals surface area contributed by atoms with Gasteiger partial charge in [0.15, 0.2) is 0 Å². The van der Waals surface area contributed by atoms with Crippen LogP contribution in [0.5, 0.6) is 0 Å². The third kappa shape index (κ3) is 2.98. The number of para-hydroxylation sites is 2. The van der Waals surface area contributed by atoms with Crippen molar-refractivity contribution in [1.29, 1.82) is 0 Å². The van der Waals surface area contributed by atoms with Gasteiger partial charge in [0.25, 0.3) is 0 Å². The van der Waals surface area contributed by atoms with Crippen molar-refractivity contribution in [1.82, 2.24) is 15.0 Å². The fraction of sp³-hybridized carbons (Fsp3) is 0.0526. The molecule has 0 amide bonds. The maximum Gasteiger partial charge on any atom is 0.139 e. The Hall–Kier alpha value is -2.59. The van der Waals surface area contributed by atoms with E-state index in [1.165, 1.54) is 10.5 Å². The highest BCUT2D eigenvalue weighted by atomic mass is 32.2. The molecular weight excluding hydrogens is 302 g/mol. The number of aromatic amines is 1. The van der Waals surface area contributed by atoms with Gasteiger partial charge < -0.3 is 4.98 Å². The van der Waals surface area contributed by atoms with Gasteiger partial charge in [-0.25, -0.2) is 4.98 Å². The number of thioether (sulfide) groups is 1. The van der Waals surface area contributed by atoms with Crippen LogP contribution in [0, 0.1) is 0 Å². The molecule has 0 unspecified atom stereocenters. The summed E-state index contributed by atoms with van der Waals surface area (Å²) in [6.07, 6.45) is 3.72. The minimum absolute atomic E-state index is 0.894. The van der Waals surface area contributed by atoms with Crippen LogP contribution in [0.15, 0.2) is 78.0 Å². The van der Waals surface area contributed by atoms with Crippen LogP contribution < -0.4 is 0 Å². The number of hydrogen-bond donors (Lipinski definition) is 1. The Morgan fingerprint density at radius 2 is 1.78 bits per heavy atom. The summed E-state index contributed by atoms with van der Waals surface area (Å²) >= 11 is 1.80. The zero-order valence-corrected chi connectivity index (χ0v) is 13.3. The second-order valence-corrected chi connectivity index (χ2v) is 6.27. The van der Waals surface area contributed by atoms with Crippen molar-refractivity contribution in [2.75, 3.05) is 0 Å². The van der Waals surface area contributed by atoms with E-state index in [9.17, 15) is 0 Å². The van der Waals surface area contributed by atoms with Gasteiger partial charge in [-0.1, -0.05) is 36.4 Å². The zero-order valence-electron chi connectivity index (χ0n) is 12.4. The van der Waals surface area contributed by atoms with E-state index in [4.69, 9.17) is 4.98 Å². The number of rotatable bonds is 4. The Morgan fingerprint density at radius 1 is 0.913 bits per heavy atom. The molecule has 0 fully saturated rings. The van der Waals surface area contributed by atoms with E-state index in [0.717, 1.165) is 28.2 Å². The minimum Gasteiger partial charge on any atom is -0.338 e. The molecule has 0 bridgehead atoms. The molecule has 0 atom stereocenters. The highest BCUT2D eigenvalue weighted by molar-refractivity contribution is 7.98. The van der Waals surface area contributed by atoms with Crippen LogP contribution in [-0.2, 0) is 5.75 Å². The van der Waals surface area contributed by atoms with Crippen LogP contribution in [0.4, 0.5) is 0 Å². The Labute approximate surface area is 138 Å². The Balaban J connectivity index is 1.66. The molecule has 4 rings (SSSR count). The van der Waals surface area contributed by atoms with Crippen LogP contribution in [0.1, 0.15) is 5.56 Å². The molecule has 0 aliphatic rings. The van der Waals surface area contributed by atoms with Gasteiger partial charge in [-0.3, -0.25) is 4.98 Å². The molecule has 3 nitrogen and oxygen atoms in total. The topological polar surface area (TPSA) is 41.6 Å². The minimum atomic E-state index is 0.894. The number of aromatic nitrogens is 3. The van der Waals surface area contributed by atoms with Gasteiger partial charge in [0.2, 0.25) is 0 Å². The first-order chi connectivity index (χ1) is 11.4. The van der Waals surface area contributed by atoms with Crippen molar-refractivity contribution < 1.29 is 0 Å². The van der Waals surface area contributed by atoms with Gasteiger partial charge in [-0.2, -0.15) is 0 Å². The first-order valence-electron chi connectivity index (χ1n) is 7.46. The largest absolute Gasteiger partial charge is 0.338 e. The SMILES string of the molecule is c1cncc(CSc2ccccc2-c2nc3ccccc3[nH]2)c1. The predicted octanol–water partition coefficient (Wildman–Crippen LogP) is 4.92. The second-order valence-electron chi connectivity index (χ2n) is 5.25. The number of nitrogens with zero attached hydrogens (tertiary/aromatic N) is 2. The van der Waals surface area contributed by atoms with Gasteiger partial charge in [-0.15, -0.1) is 11.8 Å². The summed E-state index contributed by atoms with van der Waals surface area (Å²) in [5, 5.41) is 0. The molecule has 1 N–H and O–H groups in total. The summed E-state index contributed by atoms with van der Waals surface area (Å²) in [5.41, 5.74) is 4.42. The van der Waals surface area contributed by atoms with Crippen molar-refractivity contribution in [3.8, 4) is 11.4 Å². The number of fused-ring (bicyclic) bond motifs is 1. The predicted molar refractivity (Wildman–Crippen MR) is 95.3 cm³/mol. The average molecular weight is 317 g/mol. The number of imidazole rings is 1. The van der Waals surface area contributed by atoms with Gasteiger partial charge >= 0.3 is 0 Å². The first-order valence-corrected chi connectivity index (χ1v) is 8.44. The first kappa shape index (κ1) is 14.0. The summed E-state index contributed by atoms with van der Waals surface area (Å²) in [4.78, 5) is 13.5. The summed E-state index contributed by atoms with van der Waals surface area (Å²) < 4.78 is 0. The van der Waals surface area contributed by atoms with Crippen LogP contribution in [-0.4, -0.2) is 15.0 Å². The fourth-order valence-electron chi connectivity index (χ4n) is 2.51. The highest BCUT2D eigenvalue weighted by Crippen LogP contribution is 2.32. The molecule has 112 valence electrons. The molecule has 4 aromatic rings. The molecule has 0 saturated heterocycles. The maximum atomic E-state index is 4.72. The van der Waals surface area contributed by atoms with E-state index in [-0.39, 0.29) is 0 Å². The van der Waals surface area contributed by atoms with Crippen LogP contribution in [0.2, 0.25) is 0 Å². The van der Waals surface area contributed by atoms with E-state index in [2.05, 4.69) is 46.4 Å². The van der Waals surface area contributed by atoms with E-state index >= 15 is 0 Å². The molecule has 4 heteroatoms. The van der Waals surface area contributed by atoms with Crippen molar-refractivity contribution in [2.45, 2.75) is 10.6 Å². The smallest absolute Gasteiger partial charge is 0.139 e. The van der Waals surface area contributed by atoms with Crippen LogP contribution in [0.25, 0.3) is 22.4 Å². The van der Waals surface area contributed by atoms with Crippen molar-refractivity contribution in [3.63, 3.8) is 0 Å².